The molecule has 1 rings (SSSR count). The molecule has 0 aliphatic rings. The predicted octanol–water partition coefficient (Wildman–Crippen LogP) is 4.22. The largest absolute Gasteiger partial charge is 0.419 e. The molecule has 0 saturated carbocycles. The Morgan fingerprint density at radius 2 is 1.58 bits per heavy atom. The number of halogens is 8. The molecule has 0 heterocycles. The Hall–Kier alpha value is -1.02. The van der Waals surface area contributed by atoms with Gasteiger partial charge in [-0.3, -0.25) is 0 Å². The SMILES string of the molecule is Cl.N[C@H](CC(F)(F)F)c1ccc(F)c(C(F)(F)F)c1. The van der Waals surface area contributed by atoms with E-state index in [1.165, 1.54) is 0 Å². The first-order chi connectivity index (χ1) is 8.00. The summed E-state index contributed by atoms with van der Waals surface area (Å²) in [5, 5.41) is 0. The van der Waals surface area contributed by atoms with E-state index < -0.39 is 41.8 Å². The van der Waals surface area contributed by atoms with Gasteiger partial charge in [-0.2, -0.15) is 26.3 Å². The molecule has 2 N–H and O–H groups in total. The van der Waals surface area contributed by atoms with Crippen LogP contribution < -0.4 is 5.73 Å². The zero-order valence-corrected chi connectivity index (χ0v) is 9.96. The van der Waals surface area contributed by atoms with Crippen LogP contribution >= 0.6 is 12.4 Å². The molecule has 0 bridgehead atoms. The highest BCUT2D eigenvalue weighted by molar-refractivity contribution is 5.85. The first-order valence-electron chi connectivity index (χ1n) is 4.69. The first-order valence-corrected chi connectivity index (χ1v) is 4.69. The second kappa shape index (κ2) is 5.96. The number of rotatable bonds is 2. The highest BCUT2D eigenvalue weighted by atomic mass is 35.5. The van der Waals surface area contributed by atoms with Gasteiger partial charge in [-0.05, 0) is 17.7 Å². The van der Waals surface area contributed by atoms with E-state index in [1.807, 2.05) is 0 Å². The number of hydrogen-bond donors (Lipinski definition) is 1. The van der Waals surface area contributed by atoms with Gasteiger partial charge in [0, 0.05) is 6.04 Å². The van der Waals surface area contributed by atoms with Crippen molar-refractivity contribution in [3.63, 3.8) is 0 Å². The normalized spacial score (nSPS) is 13.9. The molecule has 0 amide bonds. The van der Waals surface area contributed by atoms with Crippen LogP contribution in [0.5, 0.6) is 0 Å². The van der Waals surface area contributed by atoms with Crippen LogP contribution in [0.2, 0.25) is 0 Å². The molecular formula is C10H9ClF7N. The predicted molar refractivity (Wildman–Crippen MR) is 56.3 cm³/mol. The Labute approximate surface area is 110 Å². The lowest BCUT2D eigenvalue weighted by Gasteiger charge is -2.16. The van der Waals surface area contributed by atoms with E-state index in [9.17, 15) is 30.7 Å². The van der Waals surface area contributed by atoms with Crippen molar-refractivity contribution in [2.45, 2.75) is 24.8 Å². The molecule has 9 heteroatoms. The molecule has 0 aromatic heterocycles. The second-order valence-corrected chi connectivity index (χ2v) is 3.66. The molecule has 0 fully saturated rings. The Bertz CT molecular complexity index is 427. The average molecular weight is 312 g/mol. The summed E-state index contributed by atoms with van der Waals surface area (Å²) >= 11 is 0. The highest BCUT2D eigenvalue weighted by Gasteiger charge is 2.36. The van der Waals surface area contributed by atoms with Gasteiger partial charge in [-0.15, -0.1) is 12.4 Å². The third kappa shape index (κ3) is 5.23. The molecule has 0 aliphatic carbocycles. The minimum absolute atomic E-state index is 0. The van der Waals surface area contributed by atoms with E-state index in [4.69, 9.17) is 5.73 Å². The van der Waals surface area contributed by atoms with Gasteiger partial charge < -0.3 is 5.73 Å². The van der Waals surface area contributed by atoms with Gasteiger partial charge in [-0.25, -0.2) is 4.39 Å². The first kappa shape index (κ1) is 18.0. The molecule has 110 valence electrons. The maximum absolute atomic E-state index is 12.9. The molecule has 0 saturated heterocycles. The standard InChI is InChI=1S/C10H8F7N.ClH/c11-7-2-1-5(3-6(7)10(15,16)17)8(18)4-9(12,13)14;/h1-3,8H,4,18H2;1H/t8-;/m1./s1. The van der Waals surface area contributed by atoms with Crippen molar-refractivity contribution in [3.8, 4) is 0 Å². The van der Waals surface area contributed by atoms with E-state index >= 15 is 0 Å². The number of hydrogen-bond acceptors (Lipinski definition) is 1. The van der Waals surface area contributed by atoms with Gasteiger partial charge in [0.05, 0.1) is 12.0 Å². The molecule has 0 unspecified atom stereocenters. The number of nitrogens with two attached hydrogens (primary N) is 1. The molecule has 0 aliphatic heterocycles. The van der Waals surface area contributed by atoms with Crippen molar-refractivity contribution in [3.05, 3.63) is 35.1 Å². The smallest absolute Gasteiger partial charge is 0.324 e. The van der Waals surface area contributed by atoms with Crippen molar-refractivity contribution < 1.29 is 30.7 Å². The summed E-state index contributed by atoms with van der Waals surface area (Å²) in [5.41, 5.74) is 3.09. The van der Waals surface area contributed by atoms with Crippen LogP contribution in [0.3, 0.4) is 0 Å². The summed E-state index contributed by atoms with van der Waals surface area (Å²) in [5.74, 6) is -1.55. The lowest BCUT2D eigenvalue weighted by atomic mass is 10.0. The van der Waals surface area contributed by atoms with Crippen LogP contribution in [0.15, 0.2) is 18.2 Å². The van der Waals surface area contributed by atoms with Gasteiger partial charge in [-0.1, -0.05) is 6.07 Å². The monoisotopic (exact) mass is 311 g/mol. The van der Waals surface area contributed by atoms with Gasteiger partial charge in [0.25, 0.3) is 0 Å². The topological polar surface area (TPSA) is 26.0 Å². The minimum Gasteiger partial charge on any atom is -0.324 e. The van der Waals surface area contributed by atoms with Crippen LogP contribution in [-0.4, -0.2) is 6.18 Å². The third-order valence-electron chi connectivity index (χ3n) is 2.18. The fourth-order valence-corrected chi connectivity index (χ4v) is 1.36. The Kier molecular flexibility index (Phi) is 5.64. The van der Waals surface area contributed by atoms with Gasteiger partial charge in [0.2, 0.25) is 0 Å². The lowest BCUT2D eigenvalue weighted by molar-refractivity contribution is -0.140. The van der Waals surface area contributed by atoms with Gasteiger partial charge in [0.1, 0.15) is 5.82 Å². The van der Waals surface area contributed by atoms with Crippen LogP contribution in [0.1, 0.15) is 23.6 Å². The summed E-state index contributed by atoms with van der Waals surface area (Å²) in [7, 11) is 0. The van der Waals surface area contributed by atoms with E-state index in [2.05, 4.69) is 0 Å². The Morgan fingerprint density at radius 3 is 2.00 bits per heavy atom. The summed E-state index contributed by atoms with van der Waals surface area (Å²) in [6.45, 7) is 0. The van der Waals surface area contributed by atoms with Crippen molar-refractivity contribution in [1.29, 1.82) is 0 Å². The molecule has 0 spiro atoms. The van der Waals surface area contributed by atoms with Crippen molar-refractivity contribution >= 4 is 12.4 Å². The Morgan fingerprint density at radius 1 is 1.05 bits per heavy atom. The van der Waals surface area contributed by atoms with Crippen molar-refractivity contribution in [2.24, 2.45) is 5.73 Å². The van der Waals surface area contributed by atoms with Crippen LogP contribution in [0, 0.1) is 5.82 Å². The van der Waals surface area contributed by atoms with E-state index in [-0.39, 0.29) is 12.4 Å². The third-order valence-corrected chi connectivity index (χ3v) is 2.18. The Balaban J connectivity index is 0.00000324. The fourth-order valence-electron chi connectivity index (χ4n) is 1.36. The second-order valence-electron chi connectivity index (χ2n) is 3.66. The van der Waals surface area contributed by atoms with Gasteiger partial charge >= 0.3 is 12.4 Å². The van der Waals surface area contributed by atoms with Crippen molar-refractivity contribution in [1.82, 2.24) is 0 Å². The molecule has 1 aromatic carbocycles. The number of benzene rings is 1. The summed E-state index contributed by atoms with van der Waals surface area (Å²) in [4.78, 5) is 0. The lowest BCUT2D eigenvalue weighted by Crippen LogP contribution is -2.21. The average Bonchev–Trinajstić information content (AvgIpc) is 2.13. The molecule has 1 nitrogen and oxygen atoms in total. The summed E-state index contributed by atoms with van der Waals surface area (Å²) in [6.07, 6.45) is -11.1. The van der Waals surface area contributed by atoms with E-state index in [0.717, 1.165) is 6.07 Å². The molecule has 1 atom stereocenters. The summed E-state index contributed by atoms with van der Waals surface area (Å²) in [6, 6.07) is -0.104. The van der Waals surface area contributed by atoms with Crippen molar-refractivity contribution in [2.75, 3.05) is 0 Å². The van der Waals surface area contributed by atoms with Crippen LogP contribution in [0.25, 0.3) is 0 Å². The van der Waals surface area contributed by atoms with Gasteiger partial charge in [0.15, 0.2) is 0 Å². The minimum atomic E-state index is -4.97. The maximum Gasteiger partial charge on any atom is 0.419 e. The zero-order chi connectivity index (χ0) is 14.1. The van der Waals surface area contributed by atoms with Crippen LogP contribution in [0.4, 0.5) is 30.7 Å². The van der Waals surface area contributed by atoms with Crippen LogP contribution in [-0.2, 0) is 6.18 Å². The highest BCUT2D eigenvalue weighted by Crippen LogP contribution is 2.34. The summed E-state index contributed by atoms with van der Waals surface area (Å²) < 4.78 is 86.0. The fraction of sp³-hybridized carbons (Fsp3) is 0.400. The molecule has 0 radical (unpaired) electrons. The molecule has 19 heavy (non-hydrogen) atoms. The maximum atomic E-state index is 12.9. The molecule has 1 aromatic rings. The number of alkyl halides is 6. The van der Waals surface area contributed by atoms with E-state index in [1.54, 1.807) is 0 Å². The quantitative estimate of drug-likeness (QED) is 0.813. The molecular weight excluding hydrogens is 303 g/mol. The van der Waals surface area contributed by atoms with E-state index in [0.29, 0.717) is 12.1 Å². The zero-order valence-electron chi connectivity index (χ0n) is 9.15.